The van der Waals surface area contributed by atoms with Crippen LogP contribution in [0.5, 0.6) is 0 Å². The number of hydrogen-bond acceptors (Lipinski definition) is 3. The fourth-order valence-electron chi connectivity index (χ4n) is 4.07. The Labute approximate surface area is 155 Å². The van der Waals surface area contributed by atoms with Crippen molar-refractivity contribution in [2.24, 2.45) is 5.92 Å². The quantitative estimate of drug-likeness (QED) is 0.804. The van der Waals surface area contributed by atoms with Crippen molar-refractivity contribution in [1.29, 1.82) is 0 Å². The second-order valence-electron chi connectivity index (χ2n) is 7.35. The van der Waals surface area contributed by atoms with Crippen LogP contribution < -0.4 is 0 Å². The number of amides is 1. The topological polar surface area (TPSA) is 57.7 Å². The summed E-state index contributed by atoms with van der Waals surface area (Å²) in [6.07, 6.45) is 6.67. The molecule has 1 aromatic rings. The SMILES string of the molecule is CN(C(=O)C1CCN(S(=O)(=O)c2ccccc2F)CC1)C1CCCCC1. The predicted molar refractivity (Wildman–Crippen MR) is 97.5 cm³/mol. The molecule has 7 heteroatoms. The lowest BCUT2D eigenvalue weighted by atomic mass is 9.91. The second kappa shape index (κ2) is 8.05. The summed E-state index contributed by atoms with van der Waals surface area (Å²) in [7, 11) is -1.97. The molecule has 5 nitrogen and oxygen atoms in total. The predicted octanol–water partition coefficient (Wildman–Crippen LogP) is 3.02. The van der Waals surface area contributed by atoms with Crippen molar-refractivity contribution in [2.75, 3.05) is 20.1 Å². The van der Waals surface area contributed by atoms with E-state index in [2.05, 4.69) is 0 Å². The van der Waals surface area contributed by atoms with Crippen molar-refractivity contribution in [3.05, 3.63) is 30.1 Å². The molecule has 0 bridgehead atoms. The Hall–Kier alpha value is -1.47. The van der Waals surface area contributed by atoms with E-state index in [1.165, 1.54) is 41.8 Å². The van der Waals surface area contributed by atoms with Crippen molar-refractivity contribution in [3.63, 3.8) is 0 Å². The van der Waals surface area contributed by atoms with Crippen LogP contribution in [-0.4, -0.2) is 49.7 Å². The zero-order chi connectivity index (χ0) is 18.7. The van der Waals surface area contributed by atoms with Crippen LogP contribution in [0.1, 0.15) is 44.9 Å². The van der Waals surface area contributed by atoms with E-state index in [9.17, 15) is 17.6 Å². The van der Waals surface area contributed by atoms with Gasteiger partial charge in [0.1, 0.15) is 10.7 Å². The first-order valence-corrected chi connectivity index (χ1v) is 10.9. The first-order valence-electron chi connectivity index (χ1n) is 9.42. The molecule has 0 N–H and O–H groups in total. The zero-order valence-electron chi connectivity index (χ0n) is 15.2. The molecule has 144 valence electrons. The smallest absolute Gasteiger partial charge is 0.245 e. The Morgan fingerprint density at radius 2 is 1.69 bits per heavy atom. The molecule has 0 spiro atoms. The minimum atomic E-state index is -3.85. The highest BCUT2D eigenvalue weighted by Gasteiger charge is 2.35. The average molecular weight is 383 g/mol. The van der Waals surface area contributed by atoms with Gasteiger partial charge in [0.2, 0.25) is 15.9 Å². The number of piperidine rings is 1. The third-order valence-corrected chi connectivity index (χ3v) is 7.66. The summed E-state index contributed by atoms with van der Waals surface area (Å²) in [5, 5.41) is 0. The summed E-state index contributed by atoms with van der Waals surface area (Å²) in [6, 6.07) is 5.75. The summed E-state index contributed by atoms with van der Waals surface area (Å²) >= 11 is 0. The Balaban J connectivity index is 1.62. The number of benzene rings is 1. The number of hydrogen-bond donors (Lipinski definition) is 0. The largest absolute Gasteiger partial charge is 0.343 e. The number of nitrogens with zero attached hydrogens (tertiary/aromatic N) is 2. The van der Waals surface area contributed by atoms with Crippen LogP contribution in [0, 0.1) is 11.7 Å². The molecule has 1 aliphatic heterocycles. The highest BCUT2D eigenvalue weighted by Crippen LogP contribution is 2.28. The van der Waals surface area contributed by atoms with Gasteiger partial charge in [-0.05, 0) is 37.8 Å². The van der Waals surface area contributed by atoms with E-state index in [0.29, 0.717) is 18.9 Å². The van der Waals surface area contributed by atoms with E-state index in [4.69, 9.17) is 0 Å². The van der Waals surface area contributed by atoms with Gasteiger partial charge in [0.25, 0.3) is 0 Å². The molecule has 0 radical (unpaired) electrons. The van der Waals surface area contributed by atoms with E-state index in [1.54, 1.807) is 0 Å². The van der Waals surface area contributed by atoms with Gasteiger partial charge >= 0.3 is 0 Å². The maximum Gasteiger partial charge on any atom is 0.245 e. The lowest BCUT2D eigenvalue weighted by Crippen LogP contribution is -2.46. The monoisotopic (exact) mass is 382 g/mol. The van der Waals surface area contributed by atoms with Crippen LogP contribution in [0.3, 0.4) is 0 Å². The first-order chi connectivity index (χ1) is 12.4. The van der Waals surface area contributed by atoms with Crippen molar-refractivity contribution in [1.82, 2.24) is 9.21 Å². The zero-order valence-corrected chi connectivity index (χ0v) is 16.0. The molecular weight excluding hydrogens is 355 g/mol. The molecular formula is C19H27FN2O3S. The second-order valence-corrected chi connectivity index (χ2v) is 9.26. The van der Waals surface area contributed by atoms with Crippen LogP contribution in [0.2, 0.25) is 0 Å². The number of sulfonamides is 1. The van der Waals surface area contributed by atoms with E-state index in [1.807, 2.05) is 11.9 Å². The molecule has 2 aliphatic rings. The lowest BCUT2D eigenvalue weighted by Gasteiger charge is -2.36. The van der Waals surface area contributed by atoms with E-state index >= 15 is 0 Å². The van der Waals surface area contributed by atoms with Crippen LogP contribution in [0.25, 0.3) is 0 Å². The molecule has 1 aromatic carbocycles. The molecule has 1 aliphatic carbocycles. The summed E-state index contributed by atoms with van der Waals surface area (Å²) in [5.41, 5.74) is 0. The normalized spacial score (nSPS) is 20.8. The van der Waals surface area contributed by atoms with Gasteiger partial charge in [-0.25, -0.2) is 12.8 Å². The summed E-state index contributed by atoms with van der Waals surface area (Å²) in [5.74, 6) is -0.753. The van der Waals surface area contributed by atoms with Gasteiger partial charge < -0.3 is 4.90 Å². The molecule has 1 saturated carbocycles. The van der Waals surface area contributed by atoms with Crippen molar-refractivity contribution in [3.8, 4) is 0 Å². The number of halogens is 1. The third-order valence-electron chi connectivity index (χ3n) is 5.73. The Morgan fingerprint density at radius 1 is 1.08 bits per heavy atom. The van der Waals surface area contributed by atoms with Crippen LogP contribution in [0.15, 0.2) is 29.2 Å². The van der Waals surface area contributed by atoms with Gasteiger partial charge in [-0.15, -0.1) is 0 Å². The Kier molecular flexibility index (Phi) is 5.97. The molecule has 26 heavy (non-hydrogen) atoms. The van der Waals surface area contributed by atoms with Crippen LogP contribution in [0.4, 0.5) is 4.39 Å². The highest BCUT2D eigenvalue weighted by atomic mass is 32.2. The summed E-state index contributed by atoms with van der Waals surface area (Å²) in [6.45, 7) is 0.511. The molecule has 0 atom stereocenters. The average Bonchev–Trinajstić information content (AvgIpc) is 2.68. The van der Waals surface area contributed by atoms with E-state index in [0.717, 1.165) is 18.9 Å². The van der Waals surface area contributed by atoms with Gasteiger partial charge in [-0.1, -0.05) is 31.4 Å². The fourth-order valence-corrected chi connectivity index (χ4v) is 5.61. The van der Waals surface area contributed by atoms with Gasteiger partial charge in [0.15, 0.2) is 0 Å². The van der Waals surface area contributed by atoms with Crippen molar-refractivity contribution < 1.29 is 17.6 Å². The van der Waals surface area contributed by atoms with E-state index in [-0.39, 0.29) is 29.8 Å². The number of rotatable bonds is 4. The Morgan fingerprint density at radius 3 is 2.31 bits per heavy atom. The molecule has 1 saturated heterocycles. The maximum atomic E-state index is 13.9. The van der Waals surface area contributed by atoms with Crippen molar-refractivity contribution in [2.45, 2.75) is 55.9 Å². The van der Waals surface area contributed by atoms with Gasteiger partial charge in [0, 0.05) is 32.1 Å². The molecule has 2 fully saturated rings. The Bertz CT molecular complexity index is 739. The molecule has 1 heterocycles. The maximum absolute atomic E-state index is 13.9. The minimum absolute atomic E-state index is 0.125. The molecule has 1 amide bonds. The number of carbonyl (C=O) groups excluding carboxylic acids is 1. The van der Waals surface area contributed by atoms with Gasteiger partial charge in [0.05, 0.1) is 0 Å². The van der Waals surface area contributed by atoms with Gasteiger partial charge in [-0.3, -0.25) is 4.79 Å². The summed E-state index contributed by atoms with van der Waals surface area (Å²) < 4.78 is 40.5. The summed E-state index contributed by atoms with van der Waals surface area (Å²) in [4.78, 5) is 14.4. The van der Waals surface area contributed by atoms with E-state index < -0.39 is 15.8 Å². The lowest BCUT2D eigenvalue weighted by molar-refractivity contribution is -0.138. The third kappa shape index (κ3) is 3.93. The fraction of sp³-hybridized carbons (Fsp3) is 0.632. The van der Waals surface area contributed by atoms with Crippen molar-refractivity contribution >= 4 is 15.9 Å². The van der Waals surface area contributed by atoms with Gasteiger partial charge in [-0.2, -0.15) is 4.31 Å². The molecule has 0 unspecified atom stereocenters. The molecule has 3 rings (SSSR count). The molecule has 0 aromatic heterocycles. The number of carbonyl (C=O) groups is 1. The first kappa shape index (κ1) is 19.3. The minimum Gasteiger partial charge on any atom is -0.343 e. The highest BCUT2D eigenvalue weighted by molar-refractivity contribution is 7.89. The van der Waals surface area contributed by atoms with Crippen LogP contribution >= 0.6 is 0 Å². The standard InChI is InChI=1S/C19H27FN2O3S/c1-21(16-7-3-2-4-8-16)19(23)15-11-13-22(14-12-15)26(24,25)18-10-6-5-9-17(18)20/h5-6,9-10,15-16H,2-4,7-8,11-14H2,1H3. The van der Waals surface area contributed by atoms with Crippen LogP contribution in [-0.2, 0) is 14.8 Å².